The van der Waals surface area contributed by atoms with E-state index >= 15 is 0 Å². The summed E-state index contributed by atoms with van der Waals surface area (Å²) in [5.41, 5.74) is 5.38. The molecule has 2 N–H and O–H groups in total. The number of rotatable bonds is 0. The van der Waals surface area contributed by atoms with Crippen LogP contribution in [0.25, 0.3) is 0 Å². The molecule has 32 valence electrons. The number of nitrogens with two attached hydrogens (primary N) is 1. The zero-order valence-electron chi connectivity index (χ0n) is 3.28. The van der Waals surface area contributed by atoms with Gasteiger partial charge in [-0.15, -0.1) is 0 Å². The van der Waals surface area contributed by atoms with E-state index in [1.165, 1.54) is 19.3 Å². The summed E-state index contributed by atoms with van der Waals surface area (Å²) in [6, 6.07) is 0.565. The summed E-state index contributed by atoms with van der Waals surface area (Å²) < 4.78 is 0. The van der Waals surface area contributed by atoms with Crippen LogP contribution in [0.1, 0.15) is 19.3 Å². The molecular weight excluding hydrogens is 69.0 g/mol. The number of hydrogen-bond donors (Lipinski definition) is 1. The number of hydrogen-bond acceptors (Lipinski definition) is 1. The fraction of sp³-hybridized carbons (Fsp3) is 1.00. The van der Waals surface area contributed by atoms with Gasteiger partial charge < -0.3 is 5.73 Å². The quantitative estimate of drug-likeness (QED) is 0.401. The van der Waals surface area contributed by atoms with Crippen molar-refractivity contribution in [1.82, 2.24) is 0 Å². The molecule has 1 fully saturated rings. The standard InChI is InChI=1S/C4H9N.Li.H/c5-4-2-1-3-4;;/h4H,1-3,5H2;;. The second kappa shape index (κ2) is 2.68. The first-order valence-corrected chi connectivity index (χ1v) is 2.15. The van der Waals surface area contributed by atoms with E-state index in [9.17, 15) is 0 Å². The predicted octanol–water partition coefficient (Wildman–Crippen LogP) is -0.151. The van der Waals surface area contributed by atoms with Crippen molar-refractivity contribution >= 4 is 18.9 Å². The van der Waals surface area contributed by atoms with Crippen molar-refractivity contribution in [1.29, 1.82) is 0 Å². The SMILES string of the molecule is NC1CCC1.[LiH]. The van der Waals surface area contributed by atoms with Gasteiger partial charge in [-0.2, -0.15) is 0 Å². The van der Waals surface area contributed by atoms with Crippen LogP contribution in [0.4, 0.5) is 0 Å². The molecule has 0 spiro atoms. The second-order valence-electron chi connectivity index (χ2n) is 1.69. The molecular formula is C4H10LiN. The van der Waals surface area contributed by atoms with Crippen LogP contribution < -0.4 is 5.73 Å². The van der Waals surface area contributed by atoms with Crippen molar-refractivity contribution in [3.05, 3.63) is 0 Å². The third kappa shape index (κ3) is 1.34. The maximum atomic E-state index is 5.38. The summed E-state index contributed by atoms with van der Waals surface area (Å²) in [6.07, 6.45) is 3.89. The summed E-state index contributed by atoms with van der Waals surface area (Å²) in [7, 11) is 0. The first-order valence-electron chi connectivity index (χ1n) is 2.15. The Morgan fingerprint density at radius 1 is 1.33 bits per heavy atom. The summed E-state index contributed by atoms with van der Waals surface area (Å²) in [6.45, 7) is 0. The van der Waals surface area contributed by atoms with Gasteiger partial charge in [0.15, 0.2) is 0 Å². The molecule has 1 nitrogen and oxygen atoms in total. The van der Waals surface area contributed by atoms with E-state index in [2.05, 4.69) is 0 Å². The van der Waals surface area contributed by atoms with Gasteiger partial charge in [0.25, 0.3) is 0 Å². The third-order valence-corrected chi connectivity index (χ3v) is 1.15. The third-order valence-electron chi connectivity index (χ3n) is 1.15. The fourth-order valence-corrected chi connectivity index (χ4v) is 0.440. The molecule has 2 heteroatoms. The van der Waals surface area contributed by atoms with Crippen LogP contribution in [0.5, 0.6) is 0 Å². The van der Waals surface area contributed by atoms with Crippen molar-refractivity contribution in [2.24, 2.45) is 5.73 Å². The van der Waals surface area contributed by atoms with Crippen molar-refractivity contribution in [3.8, 4) is 0 Å². The molecule has 0 amide bonds. The van der Waals surface area contributed by atoms with Gasteiger partial charge in [-0.05, 0) is 12.8 Å². The van der Waals surface area contributed by atoms with Crippen LogP contribution in [-0.2, 0) is 0 Å². The second-order valence-corrected chi connectivity index (χ2v) is 1.69. The van der Waals surface area contributed by atoms with E-state index in [1.807, 2.05) is 0 Å². The molecule has 0 aromatic heterocycles. The van der Waals surface area contributed by atoms with Gasteiger partial charge in [-0.25, -0.2) is 0 Å². The average molecular weight is 79.1 g/mol. The Morgan fingerprint density at radius 2 is 1.67 bits per heavy atom. The Bertz CT molecular complexity index is 34.5. The van der Waals surface area contributed by atoms with E-state index in [0.717, 1.165) is 0 Å². The minimum atomic E-state index is 0. The molecule has 0 aromatic carbocycles. The van der Waals surface area contributed by atoms with Crippen LogP contribution in [0.15, 0.2) is 0 Å². The van der Waals surface area contributed by atoms with Crippen LogP contribution in [0, 0.1) is 0 Å². The Labute approximate surface area is 50.5 Å². The van der Waals surface area contributed by atoms with Crippen LogP contribution in [-0.4, -0.2) is 24.9 Å². The van der Waals surface area contributed by atoms with Crippen molar-refractivity contribution in [2.45, 2.75) is 25.3 Å². The topological polar surface area (TPSA) is 26.0 Å². The zero-order valence-corrected chi connectivity index (χ0v) is 3.28. The van der Waals surface area contributed by atoms with E-state index in [1.54, 1.807) is 0 Å². The van der Waals surface area contributed by atoms with Gasteiger partial charge in [0.05, 0.1) is 0 Å². The summed E-state index contributed by atoms with van der Waals surface area (Å²) in [4.78, 5) is 0. The Morgan fingerprint density at radius 3 is 1.67 bits per heavy atom. The molecule has 0 saturated heterocycles. The van der Waals surface area contributed by atoms with E-state index in [4.69, 9.17) is 5.73 Å². The van der Waals surface area contributed by atoms with E-state index < -0.39 is 0 Å². The Balaban J connectivity index is 0.000000250. The van der Waals surface area contributed by atoms with Gasteiger partial charge in [0.1, 0.15) is 0 Å². The van der Waals surface area contributed by atoms with Gasteiger partial charge in [0.2, 0.25) is 0 Å². The molecule has 0 radical (unpaired) electrons. The fourth-order valence-electron chi connectivity index (χ4n) is 0.440. The van der Waals surface area contributed by atoms with Crippen LogP contribution in [0.3, 0.4) is 0 Å². The molecule has 0 atom stereocenters. The van der Waals surface area contributed by atoms with Crippen molar-refractivity contribution in [3.63, 3.8) is 0 Å². The first-order chi connectivity index (χ1) is 2.39. The predicted molar refractivity (Wildman–Crippen MR) is 29.0 cm³/mol. The van der Waals surface area contributed by atoms with Crippen molar-refractivity contribution < 1.29 is 0 Å². The summed E-state index contributed by atoms with van der Waals surface area (Å²) in [5.74, 6) is 0. The zero-order chi connectivity index (χ0) is 3.70. The average Bonchev–Trinajstić information content (AvgIpc) is 1.30. The molecule has 0 heterocycles. The van der Waals surface area contributed by atoms with Crippen molar-refractivity contribution in [2.75, 3.05) is 0 Å². The van der Waals surface area contributed by atoms with Gasteiger partial charge in [-0.1, -0.05) is 6.42 Å². The molecule has 1 aliphatic carbocycles. The molecule has 1 aliphatic rings. The molecule has 0 bridgehead atoms. The molecule has 0 unspecified atom stereocenters. The van der Waals surface area contributed by atoms with E-state index in [-0.39, 0.29) is 18.9 Å². The normalized spacial score (nSPS) is 21.5. The van der Waals surface area contributed by atoms with Crippen LogP contribution in [0.2, 0.25) is 0 Å². The first kappa shape index (κ1) is 6.56. The molecule has 1 saturated carbocycles. The maximum absolute atomic E-state index is 5.38. The Hall–Kier alpha value is 0.557. The van der Waals surface area contributed by atoms with Gasteiger partial charge in [-0.3, -0.25) is 0 Å². The van der Waals surface area contributed by atoms with Gasteiger partial charge in [0, 0.05) is 6.04 Å². The molecule has 6 heavy (non-hydrogen) atoms. The summed E-state index contributed by atoms with van der Waals surface area (Å²) >= 11 is 0. The summed E-state index contributed by atoms with van der Waals surface area (Å²) in [5, 5.41) is 0. The molecule has 0 aliphatic heterocycles. The van der Waals surface area contributed by atoms with E-state index in [0.29, 0.717) is 6.04 Å². The van der Waals surface area contributed by atoms with Crippen LogP contribution >= 0.6 is 0 Å². The molecule has 1 rings (SSSR count). The minimum absolute atomic E-state index is 0. The molecule has 0 aromatic rings. The van der Waals surface area contributed by atoms with Gasteiger partial charge >= 0.3 is 18.9 Å². The monoisotopic (exact) mass is 79.1 g/mol. The Kier molecular flexibility index (Phi) is 2.93.